The lowest BCUT2D eigenvalue weighted by Crippen LogP contribution is -2.52. The minimum absolute atomic E-state index is 0.0663. The lowest BCUT2D eigenvalue weighted by molar-refractivity contribution is -0.120. The Balaban J connectivity index is 1.37. The first-order chi connectivity index (χ1) is 13.5. The molecule has 1 aromatic heterocycles. The lowest BCUT2D eigenvalue weighted by atomic mass is 10.2. The van der Waals surface area contributed by atoms with Crippen LogP contribution in [0.2, 0.25) is 5.02 Å². The van der Waals surface area contributed by atoms with Gasteiger partial charge in [0, 0.05) is 31.9 Å². The number of imidazole rings is 1. The van der Waals surface area contributed by atoms with Crippen molar-refractivity contribution in [3.63, 3.8) is 0 Å². The van der Waals surface area contributed by atoms with Crippen LogP contribution in [0.3, 0.4) is 0 Å². The Morgan fingerprint density at radius 1 is 1.07 bits per heavy atom. The number of carbonyl (C=O) groups is 1. The highest BCUT2D eigenvalue weighted by atomic mass is 35.5. The van der Waals surface area contributed by atoms with Gasteiger partial charge < -0.3 is 20.2 Å². The third-order valence-corrected chi connectivity index (χ3v) is 5.54. The van der Waals surface area contributed by atoms with Gasteiger partial charge in [0.05, 0.1) is 27.8 Å². The number of nitrogens with zero attached hydrogens (tertiary/aromatic N) is 2. The maximum absolute atomic E-state index is 12.7. The molecular formula is C20H22ClN5O2. The number of anilines is 2. The van der Waals surface area contributed by atoms with Crippen molar-refractivity contribution < 1.29 is 4.79 Å². The smallest absolute Gasteiger partial charge is 0.323 e. The van der Waals surface area contributed by atoms with Crippen LogP contribution < -0.4 is 15.9 Å². The number of halogens is 1. The van der Waals surface area contributed by atoms with Crippen molar-refractivity contribution in [3.8, 4) is 0 Å². The zero-order chi connectivity index (χ0) is 19.7. The molecule has 2 aromatic carbocycles. The molecule has 0 radical (unpaired) electrons. The molecule has 0 bridgehead atoms. The molecule has 1 fully saturated rings. The van der Waals surface area contributed by atoms with E-state index in [9.17, 15) is 9.59 Å². The van der Waals surface area contributed by atoms with Crippen LogP contribution in [0.15, 0.2) is 47.3 Å². The molecule has 0 unspecified atom stereocenters. The van der Waals surface area contributed by atoms with Crippen LogP contribution in [0, 0.1) is 0 Å². The zero-order valence-electron chi connectivity index (χ0n) is 15.5. The van der Waals surface area contributed by atoms with E-state index in [0.717, 1.165) is 36.9 Å². The lowest BCUT2D eigenvalue weighted by Gasteiger charge is -2.38. The summed E-state index contributed by atoms with van der Waals surface area (Å²) in [6, 6.07) is 12.9. The number of amides is 1. The van der Waals surface area contributed by atoms with Gasteiger partial charge in [0.1, 0.15) is 0 Å². The molecule has 1 aliphatic heterocycles. The first-order valence-corrected chi connectivity index (χ1v) is 9.65. The third kappa shape index (κ3) is 3.76. The third-order valence-electron chi connectivity index (χ3n) is 5.22. The van der Waals surface area contributed by atoms with Crippen LogP contribution in [0.25, 0.3) is 11.0 Å². The van der Waals surface area contributed by atoms with Crippen molar-refractivity contribution in [3.05, 3.63) is 58.0 Å². The molecule has 0 spiro atoms. The summed E-state index contributed by atoms with van der Waals surface area (Å²) in [5.41, 5.74) is 2.82. The average molecular weight is 400 g/mol. The van der Waals surface area contributed by atoms with Gasteiger partial charge in [-0.1, -0.05) is 23.7 Å². The van der Waals surface area contributed by atoms with Gasteiger partial charge in [0.2, 0.25) is 5.91 Å². The van der Waals surface area contributed by atoms with Crippen molar-refractivity contribution in [1.82, 2.24) is 14.9 Å². The van der Waals surface area contributed by atoms with Crippen LogP contribution in [0.4, 0.5) is 11.4 Å². The molecule has 1 aliphatic rings. The summed E-state index contributed by atoms with van der Waals surface area (Å²) in [4.78, 5) is 33.9. The normalized spacial score (nSPS) is 16.3. The van der Waals surface area contributed by atoms with Crippen molar-refractivity contribution in [1.29, 1.82) is 0 Å². The van der Waals surface area contributed by atoms with Gasteiger partial charge in [-0.25, -0.2) is 4.79 Å². The van der Waals surface area contributed by atoms with Gasteiger partial charge in [0.25, 0.3) is 0 Å². The van der Waals surface area contributed by atoms with Gasteiger partial charge in [-0.3, -0.25) is 9.69 Å². The number of hydrogen-bond donors (Lipinski definition) is 3. The van der Waals surface area contributed by atoms with E-state index in [1.165, 1.54) is 0 Å². The standard InChI is InChI=1S/C20H22ClN5O2/c1-13(19(27)22-14-6-7-16-17(12-14)24-20(28)23-16)25-8-10-26(11-9-25)18-5-3-2-4-15(18)21/h2-7,12-13H,8-11H2,1H3,(H,22,27)(H2,23,24,28)/t13-/m1/s1. The fourth-order valence-electron chi connectivity index (χ4n) is 3.58. The van der Waals surface area contributed by atoms with Crippen molar-refractivity contribution in [2.45, 2.75) is 13.0 Å². The second-order valence-electron chi connectivity index (χ2n) is 6.98. The van der Waals surface area contributed by atoms with Gasteiger partial charge in [-0.2, -0.15) is 0 Å². The highest BCUT2D eigenvalue weighted by Crippen LogP contribution is 2.26. The number of para-hydroxylation sites is 1. The van der Waals surface area contributed by atoms with E-state index >= 15 is 0 Å². The van der Waals surface area contributed by atoms with Gasteiger partial charge in [-0.05, 0) is 37.3 Å². The Labute approximate surface area is 167 Å². The quantitative estimate of drug-likeness (QED) is 0.629. The second kappa shape index (κ2) is 7.69. The summed E-state index contributed by atoms with van der Waals surface area (Å²) in [5.74, 6) is -0.0663. The zero-order valence-corrected chi connectivity index (χ0v) is 16.3. The minimum atomic E-state index is -0.261. The van der Waals surface area contributed by atoms with Crippen LogP contribution in [0.5, 0.6) is 0 Å². The number of H-pyrrole nitrogens is 2. The molecule has 7 nitrogen and oxygen atoms in total. The predicted molar refractivity (Wildman–Crippen MR) is 112 cm³/mol. The summed E-state index contributed by atoms with van der Waals surface area (Å²) in [6.07, 6.45) is 0. The van der Waals surface area contributed by atoms with Gasteiger partial charge in [-0.15, -0.1) is 0 Å². The van der Waals surface area contributed by atoms with E-state index in [0.29, 0.717) is 16.7 Å². The van der Waals surface area contributed by atoms with Crippen molar-refractivity contribution in [2.24, 2.45) is 0 Å². The number of piperazine rings is 1. The van der Waals surface area contributed by atoms with E-state index in [4.69, 9.17) is 11.6 Å². The Morgan fingerprint density at radius 2 is 1.79 bits per heavy atom. The maximum atomic E-state index is 12.7. The number of aromatic amines is 2. The number of fused-ring (bicyclic) bond motifs is 1. The monoisotopic (exact) mass is 399 g/mol. The van der Waals surface area contributed by atoms with E-state index in [2.05, 4.69) is 25.1 Å². The molecule has 8 heteroatoms. The predicted octanol–water partition coefficient (Wildman–Crippen LogP) is 2.66. The summed E-state index contributed by atoms with van der Waals surface area (Å²) < 4.78 is 0. The fourth-order valence-corrected chi connectivity index (χ4v) is 3.84. The fraction of sp³-hybridized carbons (Fsp3) is 0.300. The molecule has 1 amide bonds. The Hall–Kier alpha value is -2.77. The van der Waals surface area contributed by atoms with Gasteiger partial charge >= 0.3 is 5.69 Å². The van der Waals surface area contributed by atoms with Crippen molar-refractivity contribution in [2.75, 3.05) is 36.4 Å². The van der Waals surface area contributed by atoms with E-state index in [1.54, 1.807) is 18.2 Å². The maximum Gasteiger partial charge on any atom is 0.323 e. The highest BCUT2D eigenvalue weighted by molar-refractivity contribution is 6.33. The highest BCUT2D eigenvalue weighted by Gasteiger charge is 2.26. The summed E-state index contributed by atoms with van der Waals surface area (Å²) in [5, 5.41) is 3.69. The molecular weight excluding hydrogens is 378 g/mol. The Bertz CT molecular complexity index is 1050. The molecule has 1 saturated heterocycles. The van der Waals surface area contributed by atoms with Crippen LogP contribution in [-0.2, 0) is 4.79 Å². The van der Waals surface area contributed by atoms with Gasteiger partial charge in [0.15, 0.2) is 0 Å². The molecule has 146 valence electrons. The number of benzene rings is 2. The average Bonchev–Trinajstić information content (AvgIpc) is 3.07. The summed E-state index contributed by atoms with van der Waals surface area (Å²) in [7, 11) is 0. The number of carbonyl (C=O) groups excluding carboxylic acids is 1. The number of hydrogen-bond acceptors (Lipinski definition) is 4. The molecule has 0 saturated carbocycles. The van der Waals surface area contributed by atoms with E-state index in [-0.39, 0.29) is 17.6 Å². The largest absolute Gasteiger partial charge is 0.368 e. The molecule has 28 heavy (non-hydrogen) atoms. The summed E-state index contributed by atoms with van der Waals surface area (Å²) >= 11 is 6.30. The molecule has 1 atom stereocenters. The molecule has 3 aromatic rings. The molecule has 2 heterocycles. The van der Waals surface area contributed by atoms with Crippen LogP contribution >= 0.6 is 11.6 Å². The van der Waals surface area contributed by atoms with Crippen molar-refractivity contribution >= 4 is 39.9 Å². The Morgan fingerprint density at radius 3 is 2.54 bits per heavy atom. The van der Waals surface area contributed by atoms with Crippen LogP contribution in [-0.4, -0.2) is 53.0 Å². The topological polar surface area (TPSA) is 84.2 Å². The molecule has 0 aliphatic carbocycles. The molecule has 3 N–H and O–H groups in total. The second-order valence-corrected chi connectivity index (χ2v) is 7.39. The molecule has 4 rings (SSSR count). The SMILES string of the molecule is C[C@H](C(=O)Nc1ccc2[nH]c(=O)[nH]c2c1)N1CCN(c2ccccc2Cl)CC1. The minimum Gasteiger partial charge on any atom is -0.368 e. The van der Waals surface area contributed by atoms with Crippen LogP contribution in [0.1, 0.15) is 6.92 Å². The van der Waals surface area contributed by atoms with E-state index < -0.39 is 0 Å². The number of rotatable bonds is 4. The Kier molecular flexibility index (Phi) is 5.11. The number of aromatic nitrogens is 2. The van der Waals surface area contributed by atoms with E-state index in [1.807, 2.05) is 31.2 Å². The number of nitrogens with one attached hydrogen (secondary N) is 3. The summed E-state index contributed by atoms with van der Waals surface area (Å²) in [6.45, 7) is 5.11. The first kappa shape index (κ1) is 18.6. The first-order valence-electron chi connectivity index (χ1n) is 9.28.